The van der Waals surface area contributed by atoms with Crippen LogP contribution in [0.1, 0.15) is 66.7 Å². The number of halogens is 3. The van der Waals surface area contributed by atoms with Crippen LogP contribution in [0.25, 0.3) is 11.0 Å². The van der Waals surface area contributed by atoms with Crippen LogP contribution < -0.4 is 10.1 Å². The molecule has 0 radical (unpaired) electrons. The molecule has 1 saturated heterocycles. The second kappa shape index (κ2) is 9.97. The van der Waals surface area contributed by atoms with E-state index in [9.17, 15) is 13.2 Å². The van der Waals surface area contributed by atoms with Crippen LogP contribution in [-0.2, 0) is 6.18 Å². The van der Waals surface area contributed by atoms with Gasteiger partial charge in [0, 0.05) is 5.56 Å². The van der Waals surface area contributed by atoms with Gasteiger partial charge >= 0.3 is 6.18 Å². The Morgan fingerprint density at radius 3 is 2.49 bits per heavy atom. The number of likely N-dealkylation sites (tertiary alicyclic amines) is 1. The van der Waals surface area contributed by atoms with Gasteiger partial charge in [0.05, 0.1) is 24.1 Å². The van der Waals surface area contributed by atoms with Gasteiger partial charge in [0.1, 0.15) is 11.6 Å². The molecular weight excluding hydrogens is 455 g/mol. The number of hydrogen-bond donors (Lipinski definition) is 1. The lowest BCUT2D eigenvalue weighted by Crippen LogP contribution is -2.32. The lowest BCUT2D eigenvalue weighted by Gasteiger charge is -2.31. The van der Waals surface area contributed by atoms with Crippen LogP contribution >= 0.6 is 0 Å². The van der Waals surface area contributed by atoms with Crippen molar-refractivity contribution in [1.82, 2.24) is 19.9 Å². The van der Waals surface area contributed by atoms with Crippen molar-refractivity contribution in [3.63, 3.8) is 0 Å². The highest BCUT2D eigenvalue weighted by molar-refractivity contribution is 5.88. The summed E-state index contributed by atoms with van der Waals surface area (Å²) in [5.41, 5.74) is 1.67. The number of nitrogens with one attached hydrogen (secondary N) is 1. The summed E-state index contributed by atoms with van der Waals surface area (Å²) in [6.07, 6.45) is -2.39. The number of rotatable bonds is 6. The summed E-state index contributed by atoms with van der Waals surface area (Å²) in [7, 11) is 1.62. The topological polar surface area (TPSA) is 63.2 Å². The minimum Gasteiger partial charge on any atom is -0.481 e. The smallest absolute Gasteiger partial charge is 0.416 e. The predicted molar refractivity (Wildman–Crippen MR) is 131 cm³/mol. The normalized spacial score (nSPS) is 16.5. The third-order valence-corrected chi connectivity index (χ3v) is 6.96. The number of methoxy groups -OCH3 is 1. The average Bonchev–Trinajstić information content (AvgIpc) is 2.82. The van der Waals surface area contributed by atoms with Gasteiger partial charge in [0.2, 0.25) is 5.88 Å². The second-order valence-corrected chi connectivity index (χ2v) is 9.17. The minimum absolute atomic E-state index is 0.207. The van der Waals surface area contributed by atoms with E-state index in [1.165, 1.54) is 13.0 Å². The number of anilines is 1. The molecule has 1 aliphatic rings. The molecule has 9 heteroatoms. The Bertz CT molecular complexity index is 1210. The van der Waals surface area contributed by atoms with Gasteiger partial charge in [0.25, 0.3) is 0 Å². The van der Waals surface area contributed by atoms with Crippen molar-refractivity contribution >= 4 is 16.9 Å². The maximum absolute atomic E-state index is 13.5. The fraction of sp³-hybridized carbons (Fsp3) is 0.500. The number of hydrogen-bond acceptors (Lipinski definition) is 6. The first-order valence-electron chi connectivity index (χ1n) is 12.0. The maximum Gasteiger partial charge on any atom is 0.416 e. The van der Waals surface area contributed by atoms with E-state index in [4.69, 9.17) is 9.72 Å². The molecule has 188 valence electrons. The van der Waals surface area contributed by atoms with Crippen molar-refractivity contribution in [2.75, 3.05) is 32.1 Å². The number of piperidine rings is 1. The summed E-state index contributed by atoms with van der Waals surface area (Å²) in [5, 5.41) is 4.07. The highest BCUT2D eigenvalue weighted by Crippen LogP contribution is 2.38. The lowest BCUT2D eigenvalue weighted by molar-refractivity contribution is -0.138. The van der Waals surface area contributed by atoms with E-state index in [0.717, 1.165) is 49.5 Å². The molecule has 35 heavy (non-hydrogen) atoms. The van der Waals surface area contributed by atoms with E-state index >= 15 is 0 Å². The molecular formula is C26H32F3N5O. The summed E-state index contributed by atoms with van der Waals surface area (Å²) in [4.78, 5) is 16.2. The first-order valence-corrected chi connectivity index (χ1v) is 12.0. The van der Waals surface area contributed by atoms with Gasteiger partial charge in [-0.1, -0.05) is 19.1 Å². The van der Waals surface area contributed by atoms with E-state index in [1.54, 1.807) is 20.1 Å². The van der Waals surface area contributed by atoms with Crippen molar-refractivity contribution in [3.05, 3.63) is 52.3 Å². The van der Waals surface area contributed by atoms with Gasteiger partial charge in [-0.2, -0.15) is 18.2 Å². The van der Waals surface area contributed by atoms with Crippen molar-refractivity contribution in [2.45, 2.75) is 58.7 Å². The third-order valence-electron chi connectivity index (χ3n) is 6.96. The number of nitrogens with zero attached hydrogens (tertiary/aromatic N) is 4. The molecule has 1 aromatic carbocycles. The highest BCUT2D eigenvalue weighted by Gasteiger charge is 2.33. The number of aromatic nitrogens is 3. The van der Waals surface area contributed by atoms with Crippen molar-refractivity contribution in [1.29, 1.82) is 0 Å². The fourth-order valence-electron chi connectivity index (χ4n) is 5.00. The molecule has 0 amide bonds. The first-order chi connectivity index (χ1) is 16.6. The molecule has 0 bridgehead atoms. The SMILES string of the molecule is CCN1CCC(c2cc3c(N[C@H](C)c4cccc(C(F)(F)F)c4C)nc(C)nc3nc2OC)CC1. The Hall–Kier alpha value is -2.94. The highest BCUT2D eigenvalue weighted by atomic mass is 19.4. The number of pyridine rings is 1. The number of ether oxygens (including phenoxy) is 1. The number of alkyl halides is 3. The van der Waals surface area contributed by atoms with Gasteiger partial charge in [0.15, 0.2) is 5.65 Å². The van der Waals surface area contributed by atoms with Crippen molar-refractivity contribution < 1.29 is 17.9 Å². The quantitative estimate of drug-likeness (QED) is 0.457. The molecule has 4 rings (SSSR count). The van der Waals surface area contributed by atoms with Crippen LogP contribution in [0, 0.1) is 13.8 Å². The Morgan fingerprint density at radius 1 is 1.14 bits per heavy atom. The zero-order valence-corrected chi connectivity index (χ0v) is 20.8. The Kier molecular flexibility index (Phi) is 7.17. The maximum atomic E-state index is 13.5. The molecule has 2 aromatic heterocycles. The molecule has 3 heterocycles. The molecule has 0 saturated carbocycles. The standard InChI is InChI=1S/C26H32F3N5O/c1-6-34-12-10-18(11-13-34)20-14-21-23(31-17(4)32-24(21)33-25(20)35-5)30-16(3)19-8-7-9-22(15(19)2)26(27,28)29/h7-9,14,16,18H,6,10-13H2,1-5H3,(H,30,31,32,33)/t16-/m1/s1. The fourth-order valence-corrected chi connectivity index (χ4v) is 5.00. The minimum atomic E-state index is -4.40. The molecule has 3 aromatic rings. The van der Waals surface area contributed by atoms with Gasteiger partial charge in [-0.15, -0.1) is 0 Å². The molecule has 0 unspecified atom stereocenters. The van der Waals surface area contributed by atoms with Gasteiger partial charge in [-0.25, -0.2) is 9.97 Å². The van der Waals surface area contributed by atoms with Crippen LogP contribution in [0.3, 0.4) is 0 Å². The summed E-state index contributed by atoms with van der Waals surface area (Å²) in [6, 6.07) is 5.91. The van der Waals surface area contributed by atoms with E-state index in [2.05, 4.69) is 27.1 Å². The van der Waals surface area contributed by atoms with E-state index < -0.39 is 17.8 Å². The van der Waals surface area contributed by atoms with Gasteiger partial charge < -0.3 is 15.0 Å². The Morgan fingerprint density at radius 2 is 1.86 bits per heavy atom. The number of benzene rings is 1. The lowest BCUT2D eigenvalue weighted by atomic mass is 9.89. The van der Waals surface area contributed by atoms with Crippen LogP contribution in [0.4, 0.5) is 19.0 Å². The van der Waals surface area contributed by atoms with E-state index in [-0.39, 0.29) is 5.56 Å². The van der Waals surface area contributed by atoms with Crippen molar-refractivity contribution in [3.8, 4) is 5.88 Å². The van der Waals surface area contributed by atoms with Crippen LogP contribution in [-0.4, -0.2) is 46.6 Å². The number of fused-ring (bicyclic) bond motifs is 1. The van der Waals surface area contributed by atoms with Crippen LogP contribution in [0.5, 0.6) is 5.88 Å². The summed E-state index contributed by atoms with van der Waals surface area (Å²) in [6.45, 7) is 10.4. The molecule has 1 aliphatic heterocycles. The third kappa shape index (κ3) is 5.19. The number of aryl methyl sites for hydroxylation is 1. The zero-order chi connectivity index (χ0) is 25.3. The largest absolute Gasteiger partial charge is 0.481 e. The first kappa shape index (κ1) is 25.2. The second-order valence-electron chi connectivity index (χ2n) is 9.17. The predicted octanol–water partition coefficient (Wildman–Crippen LogP) is 6.04. The van der Waals surface area contributed by atoms with E-state index in [0.29, 0.717) is 34.7 Å². The molecule has 1 N–H and O–H groups in total. The molecule has 0 aliphatic carbocycles. The van der Waals surface area contributed by atoms with Gasteiger partial charge in [-0.3, -0.25) is 0 Å². The molecule has 1 atom stereocenters. The van der Waals surface area contributed by atoms with E-state index in [1.807, 2.05) is 13.0 Å². The Labute approximate surface area is 203 Å². The van der Waals surface area contributed by atoms with Crippen molar-refractivity contribution in [2.24, 2.45) is 0 Å². The summed E-state index contributed by atoms with van der Waals surface area (Å²) < 4.78 is 46.0. The summed E-state index contributed by atoms with van der Waals surface area (Å²) in [5.74, 6) is 1.95. The van der Waals surface area contributed by atoms with Crippen LogP contribution in [0.2, 0.25) is 0 Å². The molecule has 6 nitrogen and oxygen atoms in total. The van der Waals surface area contributed by atoms with Crippen LogP contribution in [0.15, 0.2) is 24.3 Å². The Balaban J connectivity index is 1.73. The zero-order valence-electron chi connectivity index (χ0n) is 20.8. The average molecular weight is 488 g/mol. The van der Waals surface area contributed by atoms with Gasteiger partial charge in [-0.05, 0) is 82.4 Å². The molecule has 1 fully saturated rings. The summed E-state index contributed by atoms with van der Waals surface area (Å²) >= 11 is 0. The molecule has 0 spiro atoms. The monoisotopic (exact) mass is 487 g/mol.